The van der Waals surface area contributed by atoms with Gasteiger partial charge in [0.2, 0.25) is 0 Å². The first-order valence-corrected chi connectivity index (χ1v) is 11.9. The smallest absolute Gasteiger partial charge is 0.262 e. The number of benzene rings is 3. The maximum atomic E-state index is 13.0. The minimum absolute atomic E-state index is 0.237. The normalized spacial score (nSPS) is 12.0. The average Bonchev–Trinajstić information content (AvgIpc) is 3.13. The van der Waals surface area contributed by atoms with E-state index in [-0.39, 0.29) is 6.61 Å². The van der Waals surface area contributed by atoms with Crippen molar-refractivity contribution in [3.8, 4) is 5.75 Å². The summed E-state index contributed by atoms with van der Waals surface area (Å²) in [5.74, 6) is -0.337. The molecule has 0 unspecified atom stereocenters. The fraction of sp³-hybridized carbons (Fsp3) is 0.179. The summed E-state index contributed by atoms with van der Waals surface area (Å²) in [4.78, 5) is 25.6. The molecule has 4 rings (SSSR count). The molecule has 184 valence electrons. The second kappa shape index (κ2) is 11.6. The van der Waals surface area contributed by atoms with Gasteiger partial charge < -0.3 is 14.6 Å². The number of nitrogens with zero attached hydrogens (tertiary/aromatic N) is 2. The van der Waals surface area contributed by atoms with Crippen molar-refractivity contribution < 1.29 is 14.3 Å². The quantitative estimate of drug-likeness (QED) is 0.263. The van der Waals surface area contributed by atoms with Crippen molar-refractivity contribution in [2.24, 2.45) is 12.1 Å². The number of hydrogen-bond donors (Lipinski definition) is 2. The number of carbonyl (C=O) groups excluding carboxylic acids is 2. The summed E-state index contributed by atoms with van der Waals surface area (Å²) in [5, 5.41) is 8.59. The van der Waals surface area contributed by atoms with E-state index >= 15 is 0 Å². The maximum Gasteiger partial charge on any atom is 0.262 e. The van der Waals surface area contributed by atoms with E-state index < -0.39 is 17.9 Å². The summed E-state index contributed by atoms with van der Waals surface area (Å²) in [6.45, 7) is 1.76. The lowest BCUT2D eigenvalue weighted by Gasteiger charge is -2.17. The first-order valence-electron chi connectivity index (χ1n) is 11.5. The standard InChI is InChI=1S/C28H27ClN4O3/c1-19-24(23-10-6-7-11-26(23)33(19)2)17-30-32-28(35)25(16-20-8-4-3-5-9-20)31-27(34)18-36-22-14-12-21(29)13-15-22/h3-15,17,25H,16,18H2,1-2H3,(H,31,34)(H,32,35)/b30-17-/t25-/m1/s1. The summed E-state index contributed by atoms with van der Waals surface area (Å²) in [6, 6.07) is 23.3. The number of aryl methyl sites for hydroxylation is 1. The SMILES string of the molecule is Cc1c(/C=N\NC(=O)[C@@H](Cc2ccccc2)NC(=O)COc2ccc(Cl)cc2)c2ccccc2n1C. The second-order valence-corrected chi connectivity index (χ2v) is 8.80. The number of ether oxygens (including phenoxy) is 1. The minimum atomic E-state index is -0.834. The van der Waals surface area contributed by atoms with Gasteiger partial charge in [-0.05, 0) is 42.8 Å². The lowest BCUT2D eigenvalue weighted by atomic mass is 10.1. The van der Waals surface area contributed by atoms with Gasteiger partial charge in [0.15, 0.2) is 6.61 Å². The largest absolute Gasteiger partial charge is 0.484 e. The van der Waals surface area contributed by atoms with Crippen molar-refractivity contribution in [2.45, 2.75) is 19.4 Å². The molecule has 4 aromatic rings. The van der Waals surface area contributed by atoms with E-state index in [1.165, 1.54) is 0 Å². The summed E-state index contributed by atoms with van der Waals surface area (Å²) in [5.41, 5.74) is 6.53. The van der Waals surface area contributed by atoms with Crippen molar-refractivity contribution in [1.82, 2.24) is 15.3 Å². The first kappa shape index (κ1) is 25.0. The van der Waals surface area contributed by atoms with Crippen molar-refractivity contribution in [2.75, 3.05) is 6.61 Å². The van der Waals surface area contributed by atoms with Gasteiger partial charge in [0, 0.05) is 40.7 Å². The van der Waals surface area contributed by atoms with Gasteiger partial charge in [0.05, 0.1) is 6.21 Å². The number of carbonyl (C=O) groups is 2. The lowest BCUT2D eigenvalue weighted by molar-refractivity contribution is -0.130. The fourth-order valence-electron chi connectivity index (χ4n) is 3.93. The van der Waals surface area contributed by atoms with Gasteiger partial charge >= 0.3 is 0 Å². The molecular weight excluding hydrogens is 476 g/mol. The Hall–Kier alpha value is -4.10. The molecule has 1 aromatic heterocycles. The molecule has 36 heavy (non-hydrogen) atoms. The third-order valence-electron chi connectivity index (χ3n) is 5.93. The molecule has 3 aromatic carbocycles. The van der Waals surface area contributed by atoms with Crippen LogP contribution in [0.4, 0.5) is 0 Å². The third-order valence-corrected chi connectivity index (χ3v) is 6.19. The van der Waals surface area contributed by atoms with Crippen LogP contribution in [-0.2, 0) is 23.1 Å². The number of halogens is 1. The third kappa shape index (κ3) is 6.12. The highest BCUT2D eigenvalue weighted by atomic mass is 35.5. The lowest BCUT2D eigenvalue weighted by Crippen LogP contribution is -2.48. The van der Waals surface area contributed by atoms with Gasteiger partial charge in [-0.25, -0.2) is 5.43 Å². The summed E-state index contributed by atoms with van der Waals surface area (Å²) < 4.78 is 7.60. The molecule has 0 spiro atoms. The van der Waals surface area contributed by atoms with Crippen LogP contribution in [0.2, 0.25) is 5.02 Å². The molecular formula is C28H27ClN4O3. The van der Waals surface area contributed by atoms with Gasteiger partial charge in [-0.3, -0.25) is 9.59 Å². The molecule has 0 aliphatic rings. The molecule has 2 N–H and O–H groups in total. The monoisotopic (exact) mass is 502 g/mol. The molecule has 8 heteroatoms. The zero-order chi connectivity index (χ0) is 25.5. The summed E-state index contributed by atoms with van der Waals surface area (Å²) in [7, 11) is 1.99. The molecule has 7 nitrogen and oxygen atoms in total. The van der Waals surface area contributed by atoms with E-state index in [1.54, 1.807) is 30.5 Å². The number of para-hydroxylation sites is 1. The van der Waals surface area contributed by atoms with Crippen molar-refractivity contribution in [3.63, 3.8) is 0 Å². The highest BCUT2D eigenvalue weighted by molar-refractivity contribution is 6.30. The molecule has 0 bridgehead atoms. The summed E-state index contributed by atoms with van der Waals surface area (Å²) >= 11 is 5.88. The number of nitrogens with one attached hydrogen (secondary N) is 2. The van der Waals surface area contributed by atoms with Gasteiger partial charge in [0.1, 0.15) is 11.8 Å². The average molecular weight is 503 g/mol. The molecule has 2 amide bonds. The van der Waals surface area contributed by atoms with Gasteiger partial charge in [-0.2, -0.15) is 5.10 Å². The van der Waals surface area contributed by atoms with E-state index in [0.29, 0.717) is 17.2 Å². The Morgan fingerprint density at radius 1 is 1.03 bits per heavy atom. The Morgan fingerprint density at radius 2 is 1.72 bits per heavy atom. The van der Waals surface area contributed by atoms with Crippen LogP contribution in [0, 0.1) is 6.92 Å². The van der Waals surface area contributed by atoms with Crippen LogP contribution in [0.15, 0.2) is 84.0 Å². The highest BCUT2D eigenvalue weighted by Gasteiger charge is 2.21. The molecule has 0 aliphatic heterocycles. The number of hydrogen-bond acceptors (Lipinski definition) is 4. The van der Waals surface area contributed by atoms with E-state index in [4.69, 9.17) is 16.3 Å². The highest BCUT2D eigenvalue weighted by Crippen LogP contribution is 2.23. The topological polar surface area (TPSA) is 84.7 Å². The molecule has 0 fully saturated rings. The number of hydrazone groups is 1. The molecule has 0 radical (unpaired) electrons. The zero-order valence-corrected chi connectivity index (χ0v) is 20.8. The van der Waals surface area contributed by atoms with Crippen LogP contribution >= 0.6 is 11.6 Å². The number of fused-ring (bicyclic) bond motifs is 1. The zero-order valence-electron chi connectivity index (χ0n) is 20.1. The van der Waals surface area contributed by atoms with Crippen molar-refractivity contribution in [3.05, 3.63) is 101 Å². The fourth-order valence-corrected chi connectivity index (χ4v) is 4.05. The van der Waals surface area contributed by atoms with Gasteiger partial charge in [-0.1, -0.05) is 60.1 Å². The van der Waals surface area contributed by atoms with Crippen molar-refractivity contribution >= 4 is 40.5 Å². The molecule has 0 saturated carbocycles. The molecule has 1 atom stereocenters. The minimum Gasteiger partial charge on any atom is -0.484 e. The Morgan fingerprint density at radius 3 is 2.47 bits per heavy atom. The first-order chi connectivity index (χ1) is 17.4. The van der Waals surface area contributed by atoms with Crippen LogP contribution in [0.3, 0.4) is 0 Å². The maximum absolute atomic E-state index is 13.0. The number of aromatic nitrogens is 1. The predicted molar refractivity (Wildman–Crippen MR) is 142 cm³/mol. The van der Waals surface area contributed by atoms with Crippen molar-refractivity contribution in [1.29, 1.82) is 0 Å². The van der Waals surface area contributed by atoms with Crippen LogP contribution in [0.5, 0.6) is 5.75 Å². The van der Waals surface area contributed by atoms with E-state index in [2.05, 4.69) is 20.4 Å². The number of rotatable bonds is 9. The van der Waals surface area contributed by atoms with E-state index in [9.17, 15) is 9.59 Å². The van der Waals surface area contributed by atoms with Crippen LogP contribution in [0.1, 0.15) is 16.8 Å². The summed E-state index contributed by atoms with van der Waals surface area (Å²) in [6.07, 6.45) is 1.95. The Labute approximate surface area is 214 Å². The Balaban J connectivity index is 1.44. The molecule has 1 heterocycles. The number of amides is 2. The van der Waals surface area contributed by atoms with E-state index in [1.807, 2.05) is 68.6 Å². The predicted octanol–water partition coefficient (Wildman–Crippen LogP) is 4.40. The van der Waals surface area contributed by atoms with Crippen LogP contribution < -0.4 is 15.5 Å². The molecule has 0 aliphatic carbocycles. The van der Waals surface area contributed by atoms with E-state index in [0.717, 1.165) is 27.7 Å². The van der Waals surface area contributed by atoms with Gasteiger partial charge in [-0.15, -0.1) is 0 Å². The Kier molecular flexibility index (Phi) is 8.02. The second-order valence-electron chi connectivity index (χ2n) is 8.36. The van der Waals surface area contributed by atoms with Crippen LogP contribution in [-0.4, -0.2) is 35.2 Å². The Bertz CT molecular complexity index is 1380. The van der Waals surface area contributed by atoms with Crippen LogP contribution in [0.25, 0.3) is 10.9 Å². The van der Waals surface area contributed by atoms with Gasteiger partial charge in [0.25, 0.3) is 11.8 Å². The molecule has 0 saturated heterocycles.